The minimum Gasteiger partial charge on any atom is -0.491 e. The summed E-state index contributed by atoms with van der Waals surface area (Å²) >= 11 is 0. The summed E-state index contributed by atoms with van der Waals surface area (Å²) in [6.07, 6.45) is -3.62. The number of alkyl halides is 3. The zero-order valence-electron chi connectivity index (χ0n) is 11.9. The third kappa shape index (κ3) is 6.33. The van der Waals surface area contributed by atoms with Crippen molar-refractivity contribution in [3.8, 4) is 5.75 Å². The van der Waals surface area contributed by atoms with Crippen molar-refractivity contribution < 1.29 is 27.4 Å². The van der Waals surface area contributed by atoms with E-state index in [0.717, 1.165) is 12.5 Å². The van der Waals surface area contributed by atoms with Crippen molar-refractivity contribution in [1.29, 1.82) is 0 Å². The van der Waals surface area contributed by atoms with Gasteiger partial charge in [-0.15, -0.1) is 0 Å². The second-order valence-corrected chi connectivity index (χ2v) is 4.33. The molecule has 1 rings (SSSR count). The van der Waals surface area contributed by atoms with Crippen LogP contribution in [-0.4, -0.2) is 33.5 Å². The molecule has 0 fully saturated rings. The molecule has 0 unspecified atom stereocenters. The highest BCUT2D eigenvalue weighted by Gasteiger charge is 2.32. The highest BCUT2D eigenvalue weighted by Crippen LogP contribution is 2.33. The summed E-state index contributed by atoms with van der Waals surface area (Å²) in [6.45, 7) is 1.61. The molecule has 0 aliphatic carbocycles. The molecule has 0 amide bonds. The maximum absolute atomic E-state index is 12.7. The number of hydrogen-bond acceptors (Lipinski definition) is 4. The Kier molecular flexibility index (Phi) is 7.49. The minimum absolute atomic E-state index is 0.0148. The lowest BCUT2D eigenvalue weighted by molar-refractivity contribution is -0.138. The van der Waals surface area contributed by atoms with E-state index >= 15 is 0 Å². The summed E-state index contributed by atoms with van der Waals surface area (Å²) in [5.74, 6) is 0.351. The predicted molar refractivity (Wildman–Crippen MR) is 72.1 cm³/mol. The summed E-state index contributed by atoms with van der Waals surface area (Å²) in [6, 6.07) is 3.58. The minimum atomic E-state index is -4.41. The zero-order chi connectivity index (χ0) is 15.7. The molecule has 0 spiro atoms. The Hall–Kier alpha value is -1.31. The fourth-order valence-electron chi connectivity index (χ4n) is 1.73. The van der Waals surface area contributed by atoms with Crippen LogP contribution in [0.4, 0.5) is 13.2 Å². The third-order valence-corrected chi connectivity index (χ3v) is 2.74. The topological polar surface area (TPSA) is 53.7 Å². The number of ether oxygens (including phenoxy) is 3. The Bertz CT molecular complexity index is 424. The van der Waals surface area contributed by atoms with Gasteiger partial charge in [-0.25, -0.2) is 0 Å². The molecule has 2 N–H and O–H groups in total. The molecule has 4 nitrogen and oxygen atoms in total. The van der Waals surface area contributed by atoms with Crippen LogP contribution in [0.1, 0.15) is 17.5 Å². The van der Waals surface area contributed by atoms with E-state index in [0.29, 0.717) is 25.6 Å². The van der Waals surface area contributed by atoms with E-state index in [4.69, 9.17) is 19.9 Å². The van der Waals surface area contributed by atoms with Crippen LogP contribution in [0.5, 0.6) is 5.75 Å². The molecule has 0 aliphatic rings. The van der Waals surface area contributed by atoms with Crippen LogP contribution >= 0.6 is 0 Å². The number of benzene rings is 1. The fourth-order valence-corrected chi connectivity index (χ4v) is 1.73. The van der Waals surface area contributed by atoms with E-state index in [1.807, 2.05) is 0 Å². The lowest BCUT2D eigenvalue weighted by atomic mass is 10.1. The van der Waals surface area contributed by atoms with E-state index in [1.165, 1.54) is 12.1 Å². The van der Waals surface area contributed by atoms with Gasteiger partial charge >= 0.3 is 6.18 Å². The second-order valence-electron chi connectivity index (χ2n) is 4.33. The predicted octanol–water partition coefficient (Wildman–Crippen LogP) is 2.60. The molecule has 7 heteroatoms. The molecule has 120 valence electrons. The Labute approximate surface area is 122 Å². The Morgan fingerprint density at radius 1 is 1.10 bits per heavy atom. The van der Waals surface area contributed by atoms with E-state index in [-0.39, 0.29) is 18.7 Å². The van der Waals surface area contributed by atoms with E-state index in [2.05, 4.69) is 0 Å². The smallest absolute Gasteiger partial charge is 0.416 e. The largest absolute Gasteiger partial charge is 0.491 e. The molecule has 21 heavy (non-hydrogen) atoms. The highest BCUT2D eigenvalue weighted by molar-refractivity contribution is 5.37. The average Bonchev–Trinajstić information content (AvgIpc) is 2.45. The molecule has 0 aliphatic heterocycles. The van der Waals surface area contributed by atoms with Crippen LogP contribution in [0, 0.1) is 0 Å². The quantitative estimate of drug-likeness (QED) is 0.713. The maximum atomic E-state index is 12.7. The van der Waals surface area contributed by atoms with Gasteiger partial charge < -0.3 is 19.9 Å². The molecule has 0 atom stereocenters. The van der Waals surface area contributed by atoms with Gasteiger partial charge in [0, 0.05) is 26.9 Å². The Balaban J connectivity index is 2.43. The summed E-state index contributed by atoms with van der Waals surface area (Å²) in [5.41, 5.74) is 4.63. The number of methoxy groups -OCH3 is 1. The number of halogens is 3. The monoisotopic (exact) mass is 307 g/mol. The van der Waals surface area contributed by atoms with Gasteiger partial charge in [0.1, 0.15) is 12.4 Å². The standard InChI is InChI=1S/C14H20F3NO3/c1-19-5-2-6-20-7-8-21-12-3-4-13(14(15,16)17)11(9-12)10-18/h3-4,9H,2,5-8,10,18H2,1H3. The normalized spacial score (nSPS) is 11.7. The molecule has 0 aromatic heterocycles. The van der Waals surface area contributed by atoms with Crippen molar-refractivity contribution in [2.75, 3.05) is 33.5 Å². The average molecular weight is 307 g/mol. The molecular weight excluding hydrogens is 287 g/mol. The first-order chi connectivity index (χ1) is 9.99. The van der Waals surface area contributed by atoms with E-state index < -0.39 is 11.7 Å². The number of hydrogen-bond donors (Lipinski definition) is 1. The Morgan fingerprint density at radius 2 is 1.86 bits per heavy atom. The first-order valence-electron chi connectivity index (χ1n) is 6.58. The van der Waals surface area contributed by atoms with Crippen LogP contribution in [0.2, 0.25) is 0 Å². The lowest BCUT2D eigenvalue weighted by Gasteiger charge is -2.14. The Morgan fingerprint density at radius 3 is 2.48 bits per heavy atom. The molecule has 0 bridgehead atoms. The SMILES string of the molecule is COCCCOCCOc1ccc(C(F)(F)F)c(CN)c1. The van der Waals surface area contributed by atoms with Crippen molar-refractivity contribution in [3.63, 3.8) is 0 Å². The maximum Gasteiger partial charge on any atom is 0.416 e. The summed E-state index contributed by atoms with van der Waals surface area (Å²) in [7, 11) is 1.61. The van der Waals surface area contributed by atoms with Crippen molar-refractivity contribution in [2.45, 2.75) is 19.1 Å². The summed E-state index contributed by atoms with van der Waals surface area (Å²) in [4.78, 5) is 0. The van der Waals surface area contributed by atoms with Crippen molar-refractivity contribution in [3.05, 3.63) is 29.3 Å². The van der Waals surface area contributed by atoms with Gasteiger partial charge in [-0.05, 0) is 30.2 Å². The lowest BCUT2D eigenvalue weighted by Crippen LogP contribution is -2.13. The molecule has 0 heterocycles. The van der Waals surface area contributed by atoms with Gasteiger partial charge in [0.05, 0.1) is 12.2 Å². The molecule has 0 radical (unpaired) electrons. The van der Waals surface area contributed by atoms with E-state index in [9.17, 15) is 13.2 Å². The van der Waals surface area contributed by atoms with Crippen molar-refractivity contribution in [1.82, 2.24) is 0 Å². The molecular formula is C14H20F3NO3. The summed E-state index contributed by atoms with van der Waals surface area (Å²) < 4.78 is 53.6. The highest BCUT2D eigenvalue weighted by atomic mass is 19.4. The van der Waals surface area contributed by atoms with Gasteiger partial charge in [0.15, 0.2) is 0 Å². The number of rotatable bonds is 9. The van der Waals surface area contributed by atoms with Crippen LogP contribution < -0.4 is 10.5 Å². The van der Waals surface area contributed by atoms with Crippen LogP contribution in [-0.2, 0) is 22.2 Å². The van der Waals surface area contributed by atoms with Crippen LogP contribution in [0.15, 0.2) is 18.2 Å². The van der Waals surface area contributed by atoms with Crippen molar-refractivity contribution >= 4 is 0 Å². The van der Waals surface area contributed by atoms with Crippen molar-refractivity contribution in [2.24, 2.45) is 5.73 Å². The molecule has 0 saturated carbocycles. The van der Waals surface area contributed by atoms with Crippen LogP contribution in [0.3, 0.4) is 0 Å². The van der Waals surface area contributed by atoms with Crippen LogP contribution in [0.25, 0.3) is 0 Å². The molecule has 1 aromatic rings. The summed E-state index contributed by atoms with van der Waals surface area (Å²) in [5, 5.41) is 0. The van der Waals surface area contributed by atoms with E-state index in [1.54, 1.807) is 7.11 Å². The first-order valence-corrected chi connectivity index (χ1v) is 6.58. The second kappa shape index (κ2) is 8.86. The van der Waals surface area contributed by atoms with Gasteiger partial charge in [0.2, 0.25) is 0 Å². The fraction of sp³-hybridized carbons (Fsp3) is 0.571. The third-order valence-electron chi connectivity index (χ3n) is 2.74. The van der Waals surface area contributed by atoms with Gasteiger partial charge in [-0.1, -0.05) is 0 Å². The molecule has 1 aromatic carbocycles. The molecule has 0 saturated heterocycles. The van der Waals surface area contributed by atoms with Gasteiger partial charge in [0.25, 0.3) is 0 Å². The zero-order valence-corrected chi connectivity index (χ0v) is 11.9. The first kappa shape index (κ1) is 17.7. The van der Waals surface area contributed by atoms with Gasteiger partial charge in [-0.2, -0.15) is 13.2 Å². The number of nitrogens with two attached hydrogens (primary N) is 1. The van der Waals surface area contributed by atoms with Gasteiger partial charge in [-0.3, -0.25) is 0 Å².